The first-order chi connectivity index (χ1) is 16.0. The van der Waals surface area contributed by atoms with E-state index in [0.717, 1.165) is 49.2 Å². The van der Waals surface area contributed by atoms with Gasteiger partial charge < -0.3 is 34.7 Å². The summed E-state index contributed by atoms with van der Waals surface area (Å²) in [4.78, 5) is 2.45. The van der Waals surface area contributed by atoms with E-state index in [1.165, 1.54) is 0 Å². The molecule has 5 rings (SSSR count). The molecule has 178 valence electrons. The lowest BCUT2D eigenvalue weighted by molar-refractivity contribution is -0.278. The van der Waals surface area contributed by atoms with Crippen LogP contribution in [0.4, 0.5) is 5.69 Å². The molecule has 2 aromatic rings. The highest BCUT2D eigenvalue weighted by atomic mass is 16.7. The minimum absolute atomic E-state index is 0.00726. The van der Waals surface area contributed by atoms with Gasteiger partial charge in [0.05, 0.1) is 32.0 Å². The summed E-state index contributed by atoms with van der Waals surface area (Å²) in [6.07, 6.45) is 1.15. The lowest BCUT2D eigenvalue weighted by Crippen LogP contribution is -2.50. The normalized spacial score (nSPS) is 30.0. The summed E-state index contributed by atoms with van der Waals surface area (Å²) in [5.41, 5.74) is 9.64. The number of hydrogen-bond donors (Lipinski definition) is 2. The largest absolute Gasteiger partial charge is 0.399 e. The maximum absolute atomic E-state index is 9.42. The van der Waals surface area contributed by atoms with Gasteiger partial charge >= 0.3 is 0 Å². The lowest BCUT2D eigenvalue weighted by atomic mass is 9.89. The number of nitrogens with zero attached hydrogens (tertiary/aromatic N) is 1. The molecule has 7 nitrogen and oxygen atoms in total. The van der Waals surface area contributed by atoms with E-state index in [4.69, 9.17) is 24.7 Å². The summed E-state index contributed by atoms with van der Waals surface area (Å²) in [5.74, 6) is -0.225. The maximum atomic E-state index is 9.42. The molecule has 3 aliphatic rings. The standard InChI is InChI=1S/C26H34N2O5/c1-18-23(16-28-11-9-26(10-12-28)30-13-14-31-26)32-25(21-3-2-4-22(27)15-21)33-24(18)20-7-5-19(17-29)6-8-20/h2-8,15,18,23-25,29H,9-14,16-17,27H2,1H3. The second-order valence-electron chi connectivity index (χ2n) is 9.40. The van der Waals surface area contributed by atoms with Crippen LogP contribution >= 0.6 is 0 Å². The predicted molar refractivity (Wildman–Crippen MR) is 124 cm³/mol. The van der Waals surface area contributed by atoms with Crippen LogP contribution in [0.15, 0.2) is 48.5 Å². The number of ether oxygens (including phenoxy) is 4. The highest BCUT2D eigenvalue weighted by Crippen LogP contribution is 2.42. The molecule has 0 aromatic heterocycles. The highest BCUT2D eigenvalue weighted by Gasteiger charge is 2.43. The van der Waals surface area contributed by atoms with E-state index in [9.17, 15) is 5.11 Å². The summed E-state index contributed by atoms with van der Waals surface area (Å²) in [5, 5.41) is 9.42. The number of piperidine rings is 1. The van der Waals surface area contributed by atoms with Crippen LogP contribution in [-0.4, -0.2) is 54.7 Å². The van der Waals surface area contributed by atoms with Crippen molar-refractivity contribution >= 4 is 5.69 Å². The first-order valence-corrected chi connectivity index (χ1v) is 11.9. The lowest BCUT2D eigenvalue weighted by Gasteiger charge is -2.44. The fraction of sp³-hybridized carbons (Fsp3) is 0.538. The van der Waals surface area contributed by atoms with E-state index in [1.54, 1.807) is 0 Å². The zero-order chi connectivity index (χ0) is 22.8. The molecule has 0 amide bonds. The van der Waals surface area contributed by atoms with Crippen molar-refractivity contribution < 1.29 is 24.1 Å². The van der Waals surface area contributed by atoms with Gasteiger partial charge in [0.25, 0.3) is 0 Å². The Morgan fingerprint density at radius 2 is 1.73 bits per heavy atom. The fourth-order valence-electron chi connectivity index (χ4n) is 5.15. The van der Waals surface area contributed by atoms with E-state index in [1.807, 2.05) is 48.5 Å². The molecule has 3 heterocycles. The number of aliphatic hydroxyl groups is 1. The van der Waals surface area contributed by atoms with E-state index in [2.05, 4.69) is 11.8 Å². The smallest absolute Gasteiger partial charge is 0.185 e. The molecule has 3 N–H and O–H groups in total. The third-order valence-electron chi connectivity index (χ3n) is 7.18. The van der Waals surface area contributed by atoms with Gasteiger partial charge in [-0.3, -0.25) is 0 Å². The number of nitrogens with two attached hydrogens (primary N) is 1. The van der Waals surface area contributed by atoms with Crippen LogP contribution in [0.2, 0.25) is 0 Å². The van der Waals surface area contributed by atoms with Crippen LogP contribution in [-0.2, 0) is 25.6 Å². The minimum atomic E-state index is -0.491. The van der Waals surface area contributed by atoms with Gasteiger partial charge in [-0.2, -0.15) is 0 Å². The number of anilines is 1. The SMILES string of the molecule is CC1C(CN2CCC3(CC2)OCCO3)OC(c2cccc(N)c2)OC1c1ccc(CO)cc1. The Morgan fingerprint density at radius 3 is 2.39 bits per heavy atom. The molecule has 3 saturated heterocycles. The van der Waals surface area contributed by atoms with Crippen LogP contribution in [0.5, 0.6) is 0 Å². The average molecular weight is 455 g/mol. The average Bonchev–Trinajstić information content (AvgIpc) is 3.30. The van der Waals surface area contributed by atoms with Gasteiger partial charge in [-0.1, -0.05) is 43.3 Å². The van der Waals surface area contributed by atoms with Gasteiger partial charge in [0.15, 0.2) is 12.1 Å². The van der Waals surface area contributed by atoms with Crippen molar-refractivity contribution in [1.82, 2.24) is 4.90 Å². The first-order valence-electron chi connectivity index (χ1n) is 11.9. The van der Waals surface area contributed by atoms with Crippen LogP contribution in [0.1, 0.15) is 48.8 Å². The Bertz CT molecular complexity index is 921. The minimum Gasteiger partial charge on any atom is -0.399 e. The molecule has 0 bridgehead atoms. The number of nitrogen functional groups attached to an aromatic ring is 1. The monoisotopic (exact) mass is 454 g/mol. The Labute approximate surface area is 195 Å². The Balaban J connectivity index is 1.34. The number of hydrogen-bond acceptors (Lipinski definition) is 7. The summed E-state index contributed by atoms with van der Waals surface area (Å²) < 4.78 is 24.8. The van der Waals surface area contributed by atoms with E-state index >= 15 is 0 Å². The molecule has 7 heteroatoms. The predicted octanol–water partition coefficient (Wildman–Crippen LogP) is 3.39. The van der Waals surface area contributed by atoms with Crippen molar-refractivity contribution in [2.75, 3.05) is 38.6 Å². The molecular formula is C26H34N2O5. The summed E-state index contributed by atoms with van der Waals surface area (Å²) >= 11 is 0. The Kier molecular flexibility index (Phi) is 6.69. The number of aliphatic hydroxyl groups excluding tert-OH is 1. The molecule has 3 fully saturated rings. The Morgan fingerprint density at radius 1 is 1.00 bits per heavy atom. The topological polar surface area (TPSA) is 86.4 Å². The van der Waals surface area contributed by atoms with Crippen molar-refractivity contribution in [3.63, 3.8) is 0 Å². The number of rotatable bonds is 5. The van der Waals surface area contributed by atoms with Gasteiger partial charge in [-0.15, -0.1) is 0 Å². The van der Waals surface area contributed by atoms with E-state index < -0.39 is 6.29 Å². The third kappa shape index (κ3) is 4.94. The molecule has 0 aliphatic carbocycles. The van der Waals surface area contributed by atoms with Gasteiger partial charge in [0.1, 0.15) is 0 Å². The molecule has 4 atom stereocenters. The molecular weight excluding hydrogens is 420 g/mol. The van der Waals surface area contributed by atoms with Crippen molar-refractivity contribution in [3.05, 3.63) is 65.2 Å². The van der Waals surface area contributed by atoms with Gasteiger partial charge in [0.2, 0.25) is 0 Å². The van der Waals surface area contributed by atoms with Crippen LogP contribution in [0, 0.1) is 5.92 Å². The third-order valence-corrected chi connectivity index (χ3v) is 7.18. The van der Waals surface area contributed by atoms with Gasteiger partial charge in [-0.05, 0) is 23.3 Å². The fourth-order valence-corrected chi connectivity index (χ4v) is 5.15. The van der Waals surface area contributed by atoms with Crippen molar-refractivity contribution in [3.8, 4) is 0 Å². The Hall–Kier alpha value is -2.00. The van der Waals surface area contributed by atoms with Gasteiger partial charge in [-0.25, -0.2) is 0 Å². The van der Waals surface area contributed by atoms with Crippen molar-refractivity contribution in [1.29, 1.82) is 0 Å². The number of likely N-dealkylation sites (tertiary alicyclic amines) is 1. The summed E-state index contributed by atoms with van der Waals surface area (Å²) in [7, 11) is 0. The van der Waals surface area contributed by atoms with E-state index in [-0.39, 0.29) is 30.5 Å². The van der Waals surface area contributed by atoms with Gasteiger partial charge in [0, 0.05) is 49.6 Å². The highest BCUT2D eigenvalue weighted by molar-refractivity contribution is 5.41. The van der Waals surface area contributed by atoms with E-state index in [0.29, 0.717) is 18.9 Å². The number of benzene rings is 2. The van der Waals surface area contributed by atoms with Crippen molar-refractivity contribution in [2.24, 2.45) is 5.92 Å². The molecule has 2 aromatic carbocycles. The van der Waals surface area contributed by atoms with Crippen LogP contribution < -0.4 is 5.73 Å². The molecule has 33 heavy (non-hydrogen) atoms. The quantitative estimate of drug-likeness (QED) is 0.670. The van der Waals surface area contributed by atoms with Crippen LogP contribution in [0.25, 0.3) is 0 Å². The molecule has 4 unspecified atom stereocenters. The molecule has 0 radical (unpaired) electrons. The second kappa shape index (κ2) is 9.70. The molecule has 3 aliphatic heterocycles. The zero-order valence-electron chi connectivity index (χ0n) is 19.2. The first kappa shape index (κ1) is 22.8. The maximum Gasteiger partial charge on any atom is 0.185 e. The second-order valence-corrected chi connectivity index (χ2v) is 9.40. The summed E-state index contributed by atoms with van der Waals surface area (Å²) in [6, 6.07) is 15.7. The zero-order valence-corrected chi connectivity index (χ0v) is 19.2. The summed E-state index contributed by atoms with van der Waals surface area (Å²) in [6.45, 7) is 6.28. The van der Waals surface area contributed by atoms with Crippen molar-refractivity contribution in [2.45, 2.75) is 50.7 Å². The molecule has 1 spiro atoms. The molecule has 0 saturated carbocycles. The van der Waals surface area contributed by atoms with Crippen LogP contribution in [0.3, 0.4) is 0 Å².